The van der Waals surface area contributed by atoms with Gasteiger partial charge in [0.1, 0.15) is 0 Å². The van der Waals surface area contributed by atoms with Crippen molar-refractivity contribution >= 4 is 33.9 Å². The van der Waals surface area contributed by atoms with Gasteiger partial charge < -0.3 is 19.3 Å². The van der Waals surface area contributed by atoms with Gasteiger partial charge in [-0.1, -0.05) is 15.9 Å². The summed E-state index contributed by atoms with van der Waals surface area (Å²) in [5.74, 6) is -0.800. The number of hydrogen-bond acceptors (Lipinski definition) is 5. The van der Waals surface area contributed by atoms with Crippen LogP contribution in [0.15, 0.2) is 22.7 Å². The van der Waals surface area contributed by atoms with Gasteiger partial charge in [0, 0.05) is 10.5 Å². The lowest BCUT2D eigenvalue weighted by molar-refractivity contribution is -0.145. The number of aliphatic carboxylic acids is 1. The Morgan fingerprint density at radius 1 is 1.33 bits per heavy atom. The van der Waals surface area contributed by atoms with Crippen LogP contribution in [0.3, 0.4) is 0 Å². The number of methoxy groups -OCH3 is 1. The molecule has 0 heterocycles. The van der Waals surface area contributed by atoms with E-state index in [-0.39, 0.29) is 13.2 Å². The maximum Gasteiger partial charge on any atom is 0.344 e. The van der Waals surface area contributed by atoms with E-state index in [0.717, 1.165) is 6.08 Å². The fourth-order valence-electron chi connectivity index (χ4n) is 1.45. The molecule has 7 heteroatoms. The van der Waals surface area contributed by atoms with Crippen molar-refractivity contribution in [3.05, 3.63) is 28.2 Å². The monoisotopic (exact) mass is 358 g/mol. The zero-order valence-electron chi connectivity index (χ0n) is 11.6. The highest BCUT2D eigenvalue weighted by Crippen LogP contribution is 2.34. The van der Waals surface area contributed by atoms with Crippen molar-refractivity contribution < 1.29 is 28.9 Å². The minimum atomic E-state index is -1.05. The molecule has 0 unspecified atom stereocenters. The van der Waals surface area contributed by atoms with Crippen LogP contribution in [-0.4, -0.2) is 37.4 Å². The molecule has 1 rings (SSSR count). The van der Waals surface area contributed by atoms with Gasteiger partial charge in [0.05, 0.1) is 13.7 Å². The van der Waals surface area contributed by atoms with Gasteiger partial charge in [0.2, 0.25) is 0 Å². The van der Waals surface area contributed by atoms with E-state index in [2.05, 4.69) is 15.9 Å². The van der Waals surface area contributed by atoms with Crippen LogP contribution in [0.4, 0.5) is 0 Å². The molecule has 0 saturated heterocycles. The molecule has 0 amide bonds. The van der Waals surface area contributed by atoms with Gasteiger partial charge >= 0.3 is 11.9 Å². The van der Waals surface area contributed by atoms with Gasteiger partial charge in [-0.05, 0) is 30.7 Å². The predicted octanol–water partition coefficient (Wildman–Crippen LogP) is 2.50. The van der Waals surface area contributed by atoms with Crippen molar-refractivity contribution in [3.63, 3.8) is 0 Å². The molecule has 0 atom stereocenters. The molecule has 114 valence electrons. The summed E-state index contributed by atoms with van der Waals surface area (Å²) in [6.07, 6.45) is 2.43. The van der Waals surface area contributed by atoms with Crippen molar-refractivity contribution in [2.45, 2.75) is 6.92 Å². The lowest BCUT2D eigenvalue weighted by atomic mass is 10.2. The third kappa shape index (κ3) is 5.47. The Kier molecular flexibility index (Phi) is 6.74. The molecule has 0 spiro atoms. The number of carboxylic acid groups (broad SMARTS) is 1. The van der Waals surface area contributed by atoms with Crippen LogP contribution >= 0.6 is 15.9 Å². The van der Waals surface area contributed by atoms with Crippen LogP contribution in [-0.2, 0) is 14.3 Å². The highest BCUT2D eigenvalue weighted by Gasteiger charge is 2.11. The Morgan fingerprint density at radius 3 is 2.62 bits per heavy atom. The van der Waals surface area contributed by atoms with Crippen molar-refractivity contribution in [1.82, 2.24) is 0 Å². The number of rotatable bonds is 7. The van der Waals surface area contributed by atoms with E-state index < -0.39 is 11.9 Å². The lowest BCUT2D eigenvalue weighted by Gasteiger charge is -2.12. The first kappa shape index (κ1) is 17.0. The van der Waals surface area contributed by atoms with Crippen LogP contribution in [0.2, 0.25) is 0 Å². The molecule has 0 bridgehead atoms. The average Bonchev–Trinajstić information content (AvgIpc) is 2.44. The van der Waals surface area contributed by atoms with Crippen LogP contribution < -0.4 is 9.47 Å². The summed E-state index contributed by atoms with van der Waals surface area (Å²) in [5, 5.41) is 8.63. The predicted molar refractivity (Wildman–Crippen MR) is 79.5 cm³/mol. The van der Waals surface area contributed by atoms with Gasteiger partial charge in [-0.15, -0.1) is 0 Å². The molecule has 0 aliphatic heterocycles. The maximum atomic E-state index is 11.3. The number of benzene rings is 1. The highest BCUT2D eigenvalue weighted by molar-refractivity contribution is 9.10. The van der Waals surface area contributed by atoms with E-state index in [4.69, 9.17) is 19.3 Å². The van der Waals surface area contributed by atoms with Gasteiger partial charge in [-0.3, -0.25) is 0 Å². The van der Waals surface area contributed by atoms with Crippen molar-refractivity contribution in [3.8, 4) is 11.5 Å². The second kappa shape index (κ2) is 8.31. The quantitative estimate of drug-likeness (QED) is 0.595. The number of carbonyl (C=O) groups is 2. The molecule has 0 radical (unpaired) electrons. The molecule has 0 aromatic heterocycles. The van der Waals surface area contributed by atoms with Crippen LogP contribution in [0.5, 0.6) is 11.5 Å². The lowest BCUT2D eigenvalue weighted by Crippen LogP contribution is -2.14. The van der Waals surface area contributed by atoms with Gasteiger partial charge in [0.15, 0.2) is 18.1 Å². The van der Waals surface area contributed by atoms with Crippen LogP contribution in [0.1, 0.15) is 12.5 Å². The first-order chi connectivity index (χ1) is 9.97. The number of ether oxygens (including phenoxy) is 3. The standard InChI is InChI=1S/C14H15BrO6/c1-3-20-14(18)8-21-12-7-10(15)9(4-5-13(16)17)6-11(12)19-2/h4-7H,3,8H2,1-2H3,(H,16,17). The number of halogens is 1. The summed E-state index contributed by atoms with van der Waals surface area (Å²) in [5.41, 5.74) is 0.609. The second-order valence-electron chi connectivity index (χ2n) is 3.79. The molecule has 0 saturated carbocycles. The third-order valence-corrected chi connectivity index (χ3v) is 3.03. The Labute approximate surface area is 130 Å². The normalized spacial score (nSPS) is 10.4. The van der Waals surface area contributed by atoms with Crippen LogP contribution in [0.25, 0.3) is 6.08 Å². The summed E-state index contributed by atoms with van der Waals surface area (Å²) in [6, 6.07) is 3.20. The minimum absolute atomic E-state index is 0.235. The fourth-order valence-corrected chi connectivity index (χ4v) is 1.91. The molecule has 1 N–H and O–H groups in total. The van der Waals surface area contributed by atoms with Crippen molar-refractivity contribution in [1.29, 1.82) is 0 Å². The van der Waals surface area contributed by atoms with E-state index >= 15 is 0 Å². The first-order valence-electron chi connectivity index (χ1n) is 6.04. The Bertz CT molecular complexity index is 553. The summed E-state index contributed by atoms with van der Waals surface area (Å²) >= 11 is 3.30. The van der Waals surface area contributed by atoms with E-state index in [1.54, 1.807) is 19.1 Å². The minimum Gasteiger partial charge on any atom is -0.493 e. The SMILES string of the molecule is CCOC(=O)COc1cc(Br)c(C=CC(=O)O)cc1OC. The van der Waals surface area contributed by atoms with E-state index in [1.165, 1.54) is 13.2 Å². The Hall–Kier alpha value is -2.02. The number of carboxylic acids is 1. The summed E-state index contributed by atoms with van der Waals surface area (Å²) in [6.45, 7) is 1.75. The van der Waals surface area contributed by atoms with Crippen molar-refractivity contribution in [2.24, 2.45) is 0 Å². The fraction of sp³-hybridized carbons (Fsp3) is 0.286. The van der Waals surface area contributed by atoms with Gasteiger partial charge in [0.25, 0.3) is 0 Å². The largest absolute Gasteiger partial charge is 0.493 e. The molecule has 21 heavy (non-hydrogen) atoms. The summed E-state index contributed by atoms with van der Waals surface area (Å²) < 4.78 is 15.9. The molecule has 0 aliphatic carbocycles. The van der Waals surface area contributed by atoms with E-state index in [0.29, 0.717) is 21.5 Å². The molecule has 1 aromatic carbocycles. The Morgan fingerprint density at radius 2 is 2.05 bits per heavy atom. The molecule has 0 fully saturated rings. The third-order valence-electron chi connectivity index (χ3n) is 2.34. The smallest absolute Gasteiger partial charge is 0.344 e. The van der Waals surface area contributed by atoms with Crippen molar-refractivity contribution in [2.75, 3.05) is 20.3 Å². The molecule has 0 aliphatic rings. The zero-order chi connectivity index (χ0) is 15.8. The summed E-state index contributed by atoms with van der Waals surface area (Å²) in [4.78, 5) is 21.8. The highest BCUT2D eigenvalue weighted by atomic mass is 79.9. The molecule has 1 aromatic rings. The number of hydrogen-bond donors (Lipinski definition) is 1. The topological polar surface area (TPSA) is 82.1 Å². The summed E-state index contributed by atoms with van der Waals surface area (Å²) in [7, 11) is 1.45. The molecular weight excluding hydrogens is 344 g/mol. The second-order valence-corrected chi connectivity index (χ2v) is 4.64. The first-order valence-corrected chi connectivity index (χ1v) is 6.84. The zero-order valence-corrected chi connectivity index (χ0v) is 13.2. The van der Waals surface area contributed by atoms with Crippen LogP contribution in [0, 0.1) is 0 Å². The van der Waals surface area contributed by atoms with E-state index in [9.17, 15) is 9.59 Å². The molecular formula is C14H15BrO6. The molecule has 6 nitrogen and oxygen atoms in total. The van der Waals surface area contributed by atoms with Gasteiger partial charge in [-0.25, -0.2) is 9.59 Å². The van der Waals surface area contributed by atoms with Gasteiger partial charge in [-0.2, -0.15) is 0 Å². The Balaban J connectivity index is 2.93. The average molecular weight is 359 g/mol. The number of carbonyl (C=O) groups excluding carboxylic acids is 1. The number of esters is 1. The van der Waals surface area contributed by atoms with E-state index in [1.807, 2.05) is 0 Å². The maximum absolute atomic E-state index is 11.3.